The second-order valence-electron chi connectivity index (χ2n) is 6.27. The van der Waals surface area contributed by atoms with E-state index in [0.717, 1.165) is 10.4 Å². The molecule has 7 nitrogen and oxygen atoms in total. The van der Waals surface area contributed by atoms with Crippen molar-refractivity contribution in [2.45, 2.75) is 18.7 Å². The number of fused-ring (bicyclic) bond motifs is 1. The number of carbonyl (C=O) groups is 1. The number of nitrogens with zero attached hydrogens (tertiary/aromatic N) is 1. The smallest absolute Gasteiger partial charge is 0.246 e. The van der Waals surface area contributed by atoms with E-state index in [9.17, 15) is 17.6 Å². The molecule has 1 heterocycles. The Hall–Kier alpha value is -2.65. The van der Waals surface area contributed by atoms with Crippen LogP contribution in [0.1, 0.15) is 12.5 Å². The third-order valence-electron chi connectivity index (χ3n) is 4.20. The van der Waals surface area contributed by atoms with Gasteiger partial charge in [-0.2, -0.15) is 4.31 Å². The maximum atomic E-state index is 14.1. The molecule has 0 bridgehead atoms. The largest absolute Gasteiger partial charge is 0.486 e. The molecule has 150 valence electrons. The van der Waals surface area contributed by atoms with Crippen LogP contribution in [0.3, 0.4) is 0 Å². The van der Waals surface area contributed by atoms with Gasteiger partial charge in [0.15, 0.2) is 11.5 Å². The van der Waals surface area contributed by atoms with Crippen molar-refractivity contribution in [3.8, 4) is 11.5 Å². The molecule has 0 unspecified atom stereocenters. The van der Waals surface area contributed by atoms with Gasteiger partial charge in [0, 0.05) is 18.3 Å². The molecule has 1 N–H and O–H groups in total. The van der Waals surface area contributed by atoms with Crippen molar-refractivity contribution in [1.82, 2.24) is 4.31 Å². The van der Waals surface area contributed by atoms with Crippen molar-refractivity contribution in [3.63, 3.8) is 0 Å². The number of anilines is 1. The maximum absolute atomic E-state index is 14.1. The van der Waals surface area contributed by atoms with Gasteiger partial charge in [0.05, 0.1) is 6.54 Å². The number of hydrogen-bond acceptors (Lipinski definition) is 5. The fourth-order valence-electron chi connectivity index (χ4n) is 2.80. The highest BCUT2D eigenvalue weighted by Gasteiger charge is 2.28. The summed E-state index contributed by atoms with van der Waals surface area (Å²) in [5, 5.41) is 2.63. The fraction of sp³-hybridized carbons (Fsp3) is 0.316. The highest BCUT2D eigenvalue weighted by Crippen LogP contribution is 2.32. The van der Waals surface area contributed by atoms with E-state index in [2.05, 4.69) is 5.32 Å². The molecule has 0 spiro atoms. The summed E-state index contributed by atoms with van der Waals surface area (Å²) in [7, 11) is -4.15. The molecule has 0 atom stereocenters. The third-order valence-corrected chi connectivity index (χ3v) is 6.14. The van der Waals surface area contributed by atoms with Crippen LogP contribution in [0.25, 0.3) is 0 Å². The number of carbonyl (C=O) groups excluding carboxylic acids is 1. The van der Waals surface area contributed by atoms with Gasteiger partial charge < -0.3 is 14.8 Å². The number of rotatable bonds is 6. The minimum absolute atomic E-state index is 0.0181. The summed E-state index contributed by atoms with van der Waals surface area (Å²) >= 11 is 0. The number of hydrogen-bond donors (Lipinski definition) is 1. The SMILES string of the molecule is CCN(CC(=O)Nc1ccc2c(c1)OCCO2)S(=O)(=O)c1cc(C)ccc1F. The van der Waals surface area contributed by atoms with Gasteiger partial charge in [-0.05, 0) is 36.8 Å². The normalized spacial score (nSPS) is 13.4. The van der Waals surface area contributed by atoms with Crippen LogP contribution in [0.2, 0.25) is 0 Å². The molecule has 0 saturated carbocycles. The van der Waals surface area contributed by atoms with Crippen molar-refractivity contribution >= 4 is 21.6 Å². The number of amides is 1. The van der Waals surface area contributed by atoms with Crippen LogP contribution in [-0.2, 0) is 14.8 Å². The average Bonchev–Trinajstić information content (AvgIpc) is 2.67. The molecule has 28 heavy (non-hydrogen) atoms. The maximum Gasteiger partial charge on any atom is 0.246 e. The predicted octanol–water partition coefficient (Wildman–Crippen LogP) is 2.55. The van der Waals surface area contributed by atoms with Crippen molar-refractivity contribution in [1.29, 1.82) is 0 Å². The Labute approximate surface area is 163 Å². The number of ether oxygens (including phenoxy) is 2. The molecule has 1 aliphatic heterocycles. The number of nitrogens with one attached hydrogen (secondary N) is 1. The zero-order valence-corrected chi connectivity index (χ0v) is 16.4. The van der Waals surface area contributed by atoms with E-state index in [1.54, 1.807) is 32.0 Å². The summed E-state index contributed by atoms with van der Waals surface area (Å²) in [4.78, 5) is 12.0. The van der Waals surface area contributed by atoms with Crippen LogP contribution in [0.15, 0.2) is 41.3 Å². The van der Waals surface area contributed by atoms with Crippen LogP contribution in [0, 0.1) is 12.7 Å². The fourth-order valence-corrected chi connectivity index (χ4v) is 4.35. The minimum Gasteiger partial charge on any atom is -0.486 e. The lowest BCUT2D eigenvalue weighted by molar-refractivity contribution is -0.116. The molecule has 3 rings (SSSR count). The molecular formula is C19H21FN2O5S. The Kier molecular flexibility index (Phi) is 5.85. The quantitative estimate of drug-likeness (QED) is 0.794. The lowest BCUT2D eigenvalue weighted by Gasteiger charge is -2.21. The van der Waals surface area contributed by atoms with E-state index in [1.165, 1.54) is 12.1 Å². The molecule has 0 fully saturated rings. The van der Waals surface area contributed by atoms with Gasteiger partial charge in [0.1, 0.15) is 23.9 Å². The lowest BCUT2D eigenvalue weighted by atomic mass is 10.2. The molecule has 2 aromatic carbocycles. The topological polar surface area (TPSA) is 84.9 Å². The van der Waals surface area contributed by atoms with E-state index in [4.69, 9.17) is 9.47 Å². The van der Waals surface area contributed by atoms with E-state index in [-0.39, 0.29) is 6.54 Å². The van der Waals surface area contributed by atoms with Gasteiger partial charge in [0.2, 0.25) is 15.9 Å². The Morgan fingerprint density at radius 1 is 1.14 bits per heavy atom. The van der Waals surface area contributed by atoms with E-state index < -0.39 is 33.2 Å². The highest BCUT2D eigenvalue weighted by atomic mass is 32.2. The Morgan fingerprint density at radius 3 is 2.57 bits per heavy atom. The first-order valence-corrected chi connectivity index (χ1v) is 10.2. The molecule has 9 heteroatoms. The predicted molar refractivity (Wildman–Crippen MR) is 102 cm³/mol. The number of benzene rings is 2. The summed E-state index contributed by atoms with van der Waals surface area (Å²) in [6.07, 6.45) is 0. The second-order valence-corrected chi connectivity index (χ2v) is 8.18. The van der Waals surface area contributed by atoms with Gasteiger partial charge in [0.25, 0.3) is 0 Å². The van der Waals surface area contributed by atoms with E-state index >= 15 is 0 Å². The van der Waals surface area contributed by atoms with Crippen molar-refractivity contribution in [3.05, 3.63) is 47.8 Å². The lowest BCUT2D eigenvalue weighted by Crippen LogP contribution is -2.38. The van der Waals surface area contributed by atoms with Crippen LogP contribution >= 0.6 is 0 Å². The van der Waals surface area contributed by atoms with Crippen LogP contribution < -0.4 is 14.8 Å². The van der Waals surface area contributed by atoms with E-state index in [1.807, 2.05) is 0 Å². The Bertz CT molecular complexity index is 994. The molecule has 1 amide bonds. The first kappa shape index (κ1) is 20.1. The first-order valence-electron chi connectivity index (χ1n) is 8.77. The Balaban J connectivity index is 1.75. The zero-order chi connectivity index (χ0) is 20.3. The molecular weight excluding hydrogens is 387 g/mol. The van der Waals surface area contributed by atoms with Gasteiger partial charge in [-0.15, -0.1) is 0 Å². The molecule has 1 aliphatic rings. The molecule has 0 aromatic heterocycles. The number of aryl methyl sites for hydroxylation is 1. The third kappa shape index (κ3) is 4.26. The number of halogens is 1. The molecule has 0 aliphatic carbocycles. The van der Waals surface area contributed by atoms with Gasteiger partial charge in [-0.25, -0.2) is 12.8 Å². The molecule has 0 radical (unpaired) electrons. The van der Waals surface area contributed by atoms with Crippen LogP contribution in [0.4, 0.5) is 10.1 Å². The summed E-state index contributed by atoms with van der Waals surface area (Å²) in [5.41, 5.74) is 1.06. The monoisotopic (exact) mass is 408 g/mol. The van der Waals surface area contributed by atoms with Crippen LogP contribution in [0.5, 0.6) is 11.5 Å². The van der Waals surface area contributed by atoms with Crippen molar-refractivity contribution < 1.29 is 27.1 Å². The highest BCUT2D eigenvalue weighted by molar-refractivity contribution is 7.89. The molecule has 0 saturated heterocycles. The zero-order valence-electron chi connectivity index (χ0n) is 15.6. The van der Waals surface area contributed by atoms with Gasteiger partial charge in [-0.1, -0.05) is 13.0 Å². The Morgan fingerprint density at radius 2 is 1.86 bits per heavy atom. The van der Waals surface area contributed by atoms with Crippen LogP contribution in [-0.4, -0.2) is 44.9 Å². The summed E-state index contributed by atoms with van der Waals surface area (Å²) in [6, 6.07) is 8.75. The summed E-state index contributed by atoms with van der Waals surface area (Å²) in [5.74, 6) is -0.311. The average molecular weight is 408 g/mol. The first-order chi connectivity index (χ1) is 13.3. The van der Waals surface area contributed by atoms with E-state index in [0.29, 0.717) is 36.0 Å². The number of likely N-dealkylation sites (N-methyl/N-ethyl adjacent to an activating group) is 1. The minimum atomic E-state index is -4.15. The standard InChI is InChI=1S/C19H21FN2O5S/c1-3-22(28(24,25)18-10-13(2)4-6-15(18)20)12-19(23)21-14-5-7-16-17(11-14)27-9-8-26-16/h4-7,10-11H,3,8-9,12H2,1-2H3,(H,21,23). The second kappa shape index (κ2) is 8.15. The van der Waals surface area contributed by atoms with Gasteiger partial charge >= 0.3 is 0 Å². The molecule has 2 aromatic rings. The number of sulfonamides is 1. The van der Waals surface area contributed by atoms with Crippen molar-refractivity contribution in [2.75, 3.05) is 31.6 Å². The van der Waals surface area contributed by atoms with Crippen molar-refractivity contribution in [2.24, 2.45) is 0 Å². The van der Waals surface area contributed by atoms with Gasteiger partial charge in [-0.3, -0.25) is 4.79 Å². The summed E-state index contributed by atoms with van der Waals surface area (Å²) < 4.78 is 51.5. The summed E-state index contributed by atoms with van der Waals surface area (Å²) in [6.45, 7) is 3.70.